The van der Waals surface area contributed by atoms with Gasteiger partial charge in [0.05, 0.1) is 12.2 Å². The van der Waals surface area contributed by atoms with Crippen molar-refractivity contribution in [3.05, 3.63) is 35.9 Å². The van der Waals surface area contributed by atoms with Crippen molar-refractivity contribution in [1.29, 1.82) is 0 Å². The van der Waals surface area contributed by atoms with Crippen LogP contribution in [0, 0.1) is 0 Å². The summed E-state index contributed by atoms with van der Waals surface area (Å²) in [4.78, 5) is 22.7. The van der Waals surface area contributed by atoms with Gasteiger partial charge in [0.2, 0.25) is 0 Å². The van der Waals surface area contributed by atoms with E-state index in [9.17, 15) is 9.59 Å². The molecule has 0 aliphatic rings. The average Bonchev–Trinajstić information content (AvgIpc) is 2.36. The molecule has 1 rings (SSSR count). The van der Waals surface area contributed by atoms with E-state index in [2.05, 4.69) is 15.9 Å². The van der Waals surface area contributed by atoms with E-state index in [0.29, 0.717) is 36.8 Å². The topological polar surface area (TPSA) is 43.4 Å². The molecule has 3 nitrogen and oxygen atoms in total. The van der Waals surface area contributed by atoms with E-state index in [1.54, 1.807) is 24.3 Å². The smallest absolute Gasteiger partial charge is 0.338 e. The Labute approximate surface area is 109 Å². The summed E-state index contributed by atoms with van der Waals surface area (Å²) in [7, 11) is 0. The Morgan fingerprint density at radius 2 is 1.82 bits per heavy atom. The van der Waals surface area contributed by atoms with E-state index in [4.69, 9.17) is 4.74 Å². The molecule has 0 aliphatic carbocycles. The molecule has 0 spiro atoms. The van der Waals surface area contributed by atoms with Gasteiger partial charge in [0.15, 0.2) is 0 Å². The summed E-state index contributed by atoms with van der Waals surface area (Å²) < 4.78 is 5.05. The molecule has 1 aromatic carbocycles. The minimum Gasteiger partial charge on any atom is -0.462 e. The van der Waals surface area contributed by atoms with Crippen molar-refractivity contribution in [2.24, 2.45) is 0 Å². The van der Waals surface area contributed by atoms with Crippen molar-refractivity contribution < 1.29 is 14.3 Å². The molecule has 0 N–H and O–H groups in total. The van der Waals surface area contributed by atoms with Crippen LogP contribution in [0.25, 0.3) is 0 Å². The third kappa shape index (κ3) is 5.63. The number of ketones is 1. The van der Waals surface area contributed by atoms with Crippen molar-refractivity contribution in [1.82, 2.24) is 0 Å². The van der Waals surface area contributed by atoms with Crippen molar-refractivity contribution in [2.75, 3.05) is 11.9 Å². The van der Waals surface area contributed by atoms with Gasteiger partial charge in [-0.15, -0.1) is 0 Å². The highest BCUT2D eigenvalue weighted by molar-refractivity contribution is 9.09. The average molecular weight is 299 g/mol. The van der Waals surface area contributed by atoms with Crippen LogP contribution < -0.4 is 0 Å². The highest BCUT2D eigenvalue weighted by atomic mass is 79.9. The predicted octanol–water partition coefficient (Wildman–Crippen LogP) is 2.98. The fourth-order valence-corrected chi connectivity index (χ4v) is 1.76. The molecular weight excluding hydrogens is 284 g/mol. The Morgan fingerprint density at radius 3 is 2.47 bits per heavy atom. The van der Waals surface area contributed by atoms with Gasteiger partial charge >= 0.3 is 5.97 Å². The van der Waals surface area contributed by atoms with E-state index in [0.717, 1.165) is 0 Å². The summed E-state index contributed by atoms with van der Waals surface area (Å²) in [5, 5.41) is 0.690. The zero-order valence-electron chi connectivity index (χ0n) is 9.52. The molecule has 17 heavy (non-hydrogen) atoms. The summed E-state index contributed by atoms with van der Waals surface area (Å²) in [6.07, 6.45) is 1.59. The molecule has 0 radical (unpaired) electrons. The van der Waals surface area contributed by atoms with Crippen LogP contribution in [-0.2, 0) is 9.53 Å². The zero-order valence-corrected chi connectivity index (χ0v) is 11.1. The first kappa shape index (κ1) is 13.9. The summed E-state index contributed by atoms with van der Waals surface area (Å²) >= 11 is 3.21. The largest absolute Gasteiger partial charge is 0.462 e. The lowest BCUT2D eigenvalue weighted by Crippen LogP contribution is -2.08. The van der Waals surface area contributed by atoms with Gasteiger partial charge in [-0.25, -0.2) is 4.79 Å². The maximum absolute atomic E-state index is 11.5. The minimum absolute atomic E-state index is 0.192. The summed E-state index contributed by atoms with van der Waals surface area (Å²) in [5.74, 6) is -0.142. The molecule has 0 heterocycles. The molecule has 0 aliphatic heterocycles. The quantitative estimate of drug-likeness (QED) is 0.441. The standard InChI is InChI=1S/C13H15BrO3/c14-9-8-12(15)7-4-10-17-13(16)11-5-2-1-3-6-11/h1-3,5-6H,4,7-10H2. The Morgan fingerprint density at radius 1 is 1.12 bits per heavy atom. The number of esters is 1. The van der Waals surface area contributed by atoms with E-state index in [1.165, 1.54) is 0 Å². The van der Waals surface area contributed by atoms with E-state index < -0.39 is 0 Å². The van der Waals surface area contributed by atoms with Crippen LogP contribution in [0.1, 0.15) is 29.6 Å². The second kappa shape index (κ2) is 8.01. The second-order valence-corrected chi connectivity index (χ2v) is 4.38. The Hall–Kier alpha value is -1.16. The monoisotopic (exact) mass is 298 g/mol. The molecular formula is C13H15BrO3. The summed E-state index contributed by atoms with van der Waals surface area (Å²) in [6.45, 7) is 0.293. The molecule has 0 saturated heterocycles. The first-order chi connectivity index (χ1) is 8.24. The van der Waals surface area contributed by atoms with Crippen LogP contribution in [0.4, 0.5) is 0 Å². The lowest BCUT2D eigenvalue weighted by atomic mass is 10.2. The first-order valence-electron chi connectivity index (χ1n) is 5.54. The van der Waals surface area contributed by atoms with Crippen molar-refractivity contribution in [3.8, 4) is 0 Å². The normalized spacial score (nSPS) is 9.94. The van der Waals surface area contributed by atoms with Gasteiger partial charge < -0.3 is 4.74 Å². The molecule has 1 aromatic rings. The number of hydrogen-bond donors (Lipinski definition) is 0. The summed E-state index contributed by atoms with van der Waals surface area (Å²) in [6, 6.07) is 8.83. The molecule has 0 aromatic heterocycles. The van der Waals surface area contributed by atoms with Gasteiger partial charge in [0, 0.05) is 18.2 Å². The number of Topliss-reactive ketones (excluding diaryl/α,β-unsaturated/α-hetero) is 1. The number of carbonyl (C=O) groups is 2. The van der Waals surface area contributed by atoms with Gasteiger partial charge in [-0.05, 0) is 18.6 Å². The zero-order chi connectivity index (χ0) is 12.5. The highest BCUT2D eigenvalue weighted by Crippen LogP contribution is 2.03. The Balaban J connectivity index is 2.19. The van der Waals surface area contributed by atoms with Crippen molar-refractivity contribution in [3.63, 3.8) is 0 Å². The number of carbonyl (C=O) groups excluding carboxylic acids is 2. The van der Waals surface area contributed by atoms with Crippen LogP contribution in [0.2, 0.25) is 0 Å². The van der Waals surface area contributed by atoms with Gasteiger partial charge in [0.25, 0.3) is 0 Å². The van der Waals surface area contributed by atoms with E-state index in [-0.39, 0.29) is 11.8 Å². The van der Waals surface area contributed by atoms with Crippen LogP contribution in [0.15, 0.2) is 30.3 Å². The minimum atomic E-state index is -0.335. The predicted molar refractivity (Wildman–Crippen MR) is 69.4 cm³/mol. The van der Waals surface area contributed by atoms with Gasteiger partial charge in [-0.2, -0.15) is 0 Å². The Kier molecular flexibility index (Phi) is 6.55. The lowest BCUT2D eigenvalue weighted by Gasteiger charge is -2.04. The van der Waals surface area contributed by atoms with Crippen LogP contribution in [0.5, 0.6) is 0 Å². The molecule has 0 saturated carbocycles. The SMILES string of the molecule is O=C(CCBr)CCCOC(=O)c1ccccc1. The fourth-order valence-electron chi connectivity index (χ4n) is 1.32. The summed E-state index contributed by atoms with van der Waals surface area (Å²) in [5.41, 5.74) is 0.541. The van der Waals surface area contributed by atoms with E-state index in [1.807, 2.05) is 6.07 Å². The van der Waals surface area contributed by atoms with E-state index >= 15 is 0 Å². The number of benzene rings is 1. The number of hydrogen-bond acceptors (Lipinski definition) is 3. The highest BCUT2D eigenvalue weighted by Gasteiger charge is 2.06. The van der Waals surface area contributed by atoms with Crippen LogP contribution in [-0.4, -0.2) is 23.7 Å². The fraction of sp³-hybridized carbons (Fsp3) is 0.385. The number of ether oxygens (including phenoxy) is 1. The molecule has 92 valence electrons. The molecule has 0 amide bonds. The van der Waals surface area contributed by atoms with Gasteiger partial charge in [0.1, 0.15) is 5.78 Å². The lowest BCUT2D eigenvalue weighted by molar-refractivity contribution is -0.118. The molecule has 0 unspecified atom stereocenters. The molecule has 4 heteroatoms. The number of alkyl halides is 1. The number of halogens is 1. The molecule has 0 atom stereocenters. The maximum atomic E-state index is 11.5. The molecule has 0 bridgehead atoms. The van der Waals surface area contributed by atoms with Crippen molar-refractivity contribution in [2.45, 2.75) is 19.3 Å². The molecule has 0 fully saturated rings. The maximum Gasteiger partial charge on any atom is 0.338 e. The van der Waals surface area contributed by atoms with Crippen LogP contribution in [0.3, 0.4) is 0 Å². The third-order valence-electron chi connectivity index (χ3n) is 2.22. The second-order valence-electron chi connectivity index (χ2n) is 3.58. The van der Waals surface area contributed by atoms with Crippen LogP contribution >= 0.6 is 15.9 Å². The Bertz CT molecular complexity index is 362. The third-order valence-corrected chi connectivity index (χ3v) is 2.61. The van der Waals surface area contributed by atoms with Gasteiger partial charge in [-0.1, -0.05) is 34.1 Å². The first-order valence-corrected chi connectivity index (χ1v) is 6.66. The van der Waals surface area contributed by atoms with Crippen molar-refractivity contribution >= 4 is 27.7 Å². The van der Waals surface area contributed by atoms with Gasteiger partial charge in [-0.3, -0.25) is 4.79 Å². The number of rotatable bonds is 7.